The van der Waals surface area contributed by atoms with E-state index in [1.54, 1.807) is 12.3 Å². The molecular weight excluding hydrogens is 250 g/mol. The molecule has 2 heterocycles. The highest BCUT2D eigenvalue weighted by Crippen LogP contribution is 2.27. The second-order valence-electron chi connectivity index (χ2n) is 5.44. The maximum Gasteiger partial charge on any atom is 0.254 e. The van der Waals surface area contributed by atoms with E-state index in [1.165, 1.54) is 0 Å². The fourth-order valence-electron chi connectivity index (χ4n) is 3.06. The first-order valence-corrected chi connectivity index (χ1v) is 7.07. The van der Waals surface area contributed by atoms with E-state index in [-0.39, 0.29) is 11.9 Å². The number of benzene rings is 1. The molecule has 1 fully saturated rings. The molecule has 1 aliphatic rings. The largest absolute Gasteiger partial charge is 0.334 e. The Morgan fingerprint density at radius 3 is 3.00 bits per heavy atom. The topological polar surface area (TPSA) is 59.2 Å². The molecule has 1 saturated heterocycles. The van der Waals surface area contributed by atoms with Crippen LogP contribution in [0, 0.1) is 5.92 Å². The number of amides is 1. The highest BCUT2D eigenvalue weighted by atomic mass is 16.2. The average molecular weight is 269 g/mol. The highest BCUT2D eigenvalue weighted by Gasteiger charge is 2.34. The number of carbonyl (C=O) groups is 1. The number of carbonyl (C=O) groups excluding carboxylic acids is 1. The van der Waals surface area contributed by atoms with Gasteiger partial charge in [0.15, 0.2) is 0 Å². The Bertz CT molecular complexity index is 635. The lowest BCUT2D eigenvalue weighted by molar-refractivity contribution is 0.0729. The standard InChI is InChI=1S/C16H19N3O/c1-11-7-9-19(15(11)10-17)16(20)13-6-8-18-14-5-3-2-4-12(13)14/h2-6,8,11,15H,7,9-10,17H2,1H3. The van der Waals surface area contributed by atoms with Crippen LogP contribution in [-0.2, 0) is 0 Å². The number of likely N-dealkylation sites (tertiary alicyclic amines) is 1. The van der Waals surface area contributed by atoms with E-state index in [0.29, 0.717) is 12.5 Å². The fraction of sp³-hybridized carbons (Fsp3) is 0.375. The molecule has 2 unspecified atom stereocenters. The molecule has 2 aromatic rings. The lowest BCUT2D eigenvalue weighted by atomic mass is 10.0. The Morgan fingerprint density at radius 1 is 1.40 bits per heavy atom. The molecule has 0 radical (unpaired) electrons. The van der Waals surface area contributed by atoms with Gasteiger partial charge in [-0.1, -0.05) is 25.1 Å². The van der Waals surface area contributed by atoms with Crippen molar-refractivity contribution in [1.29, 1.82) is 0 Å². The fourth-order valence-corrected chi connectivity index (χ4v) is 3.06. The van der Waals surface area contributed by atoms with Crippen molar-refractivity contribution in [1.82, 2.24) is 9.88 Å². The molecule has 1 aromatic heterocycles. The molecule has 2 N–H and O–H groups in total. The van der Waals surface area contributed by atoms with E-state index >= 15 is 0 Å². The van der Waals surface area contributed by atoms with E-state index in [4.69, 9.17) is 5.73 Å². The van der Waals surface area contributed by atoms with E-state index in [2.05, 4.69) is 11.9 Å². The average Bonchev–Trinajstić information content (AvgIpc) is 2.86. The van der Waals surface area contributed by atoms with Crippen LogP contribution in [0.25, 0.3) is 10.9 Å². The molecular formula is C16H19N3O. The minimum atomic E-state index is 0.0726. The van der Waals surface area contributed by atoms with Crippen LogP contribution in [0.4, 0.5) is 0 Å². The number of rotatable bonds is 2. The zero-order chi connectivity index (χ0) is 14.1. The third kappa shape index (κ3) is 2.06. The van der Waals surface area contributed by atoms with Crippen molar-refractivity contribution in [2.75, 3.05) is 13.1 Å². The van der Waals surface area contributed by atoms with Crippen LogP contribution in [0.5, 0.6) is 0 Å². The van der Waals surface area contributed by atoms with Gasteiger partial charge in [0.25, 0.3) is 5.91 Å². The van der Waals surface area contributed by atoms with Crippen LogP contribution in [0.3, 0.4) is 0 Å². The summed E-state index contributed by atoms with van der Waals surface area (Å²) in [7, 11) is 0. The molecule has 4 heteroatoms. The number of nitrogens with zero attached hydrogens (tertiary/aromatic N) is 2. The van der Waals surface area contributed by atoms with E-state index in [1.807, 2.05) is 29.2 Å². The smallest absolute Gasteiger partial charge is 0.254 e. The van der Waals surface area contributed by atoms with Crippen LogP contribution in [0.2, 0.25) is 0 Å². The number of hydrogen-bond acceptors (Lipinski definition) is 3. The number of pyridine rings is 1. The van der Waals surface area contributed by atoms with Crippen molar-refractivity contribution in [3.8, 4) is 0 Å². The summed E-state index contributed by atoms with van der Waals surface area (Å²) in [4.78, 5) is 19.1. The third-order valence-corrected chi connectivity index (χ3v) is 4.26. The number of fused-ring (bicyclic) bond motifs is 1. The summed E-state index contributed by atoms with van der Waals surface area (Å²) >= 11 is 0. The van der Waals surface area contributed by atoms with Crippen LogP contribution in [0.1, 0.15) is 23.7 Å². The summed E-state index contributed by atoms with van der Waals surface area (Å²) in [6, 6.07) is 9.71. The lowest BCUT2D eigenvalue weighted by Crippen LogP contribution is -2.42. The van der Waals surface area contributed by atoms with Gasteiger partial charge in [0.2, 0.25) is 0 Å². The van der Waals surface area contributed by atoms with Gasteiger partial charge in [-0.2, -0.15) is 0 Å². The number of para-hydroxylation sites is 1. The second-order valence-corrected chi connectivity index (χ2v) is 5.44. The Labute approximate surface area is 118 Å². The number of nitrogens with two attached hydrogens (primary N) is 1. The highest BCUT2D eigenvalue weighted by molar-refractivity contribution is 6.06. The van der Waals surface area contributed by atoms with E-state index < -0.39 is 0 Å². The molecule has 20 heavy (non-hydrogen) atoms. The SMILES string of the molecule is CC1CCN(C(=O)c2ccnc3ccccc23)C1CN. The zero-order valence-corrected chi connectivity index (χ0v) is 11.6. The summed E-state index contributed by atoms with van der Waals surface area (Å²) in [6.45, 7) is 3.48. The first-order valence-electron chi connectivity index (χ1n) is 7.07. The summed E-state index contributed by atoms with van der Waals surface area (Å²) < 4.78 is 0. The zero-order valence-electron chi connectivity index (χ0n) is 11.6. The van der Waals surface area contributed by atoms with Gasteiger partial charge in [0.05, 0.1) is 11.1 Å². The van der Waals surface area contributed by atoms with E-state index in [9.17, 15) is 4.79 Å². The van der Waals surface area contributed by atoms with Crippen molar-refractivity contribution in [3.05, 3.63) is 42.1 Å². The van der Waals surface area contributed by atoms with Crippen molar-refractivity contribution in [2.45, 2.75) is 19.4 Å². The van der Waals surface area contributed by atoms with Gasteiger partial charge in [-0.25, -0.2) is 0 Å². The maximum absolute atomic E-state index is 12.8. The third-order valence-electron chi connectivity index (χ3n) is 4.26. The summed E-state index contributed by atoms with van der Waals surface area (Å²) in [5.74, 6) is 0.542. The summed E-state index contributed by atoms with van der Waals surface area (Å²) in [5.41, 5.74) is 7.42. The normalized spacial score (nSPS) is 22.4. The van der Waals surface area contributed by atoms with Gasteiger partial charge >= 0.3 is 0 Å². The predicted octanol–water partition coefficient (Wildman–Crippen LogP) is 2.04. The maximum atomic E-state index is 12.8. The van der Waals surface area contributed by atoms with Gasteiger partial charge in [-0.3, -0.25) is 9.78 Å². The van der Waals surface area contributed by atoms with Crippen LogP contribution < -0.4 is 5.73 Å². The van der Waals surface area contributed by atoms with Crippen molar-refractivity contribution in [3.63, 3.8) is 0 Å². The first-order chi connectivity index (χ1) is 9.72. The molecule has 0 aliphatic carbocycles. The van der Waals surface area contributed by atoms with E-state index in [0.717, 1.165) is 29.4 Å². The quantitative estimate of drug-likeness (QED) is 0.907. The molecule has 0 saturated carbocycles. The van der Waals surface area contributed by atoms with Gasteiger partial charge in [-0.15, -0.1) is 0 Å². The predicted molar refractivity (Wildman–Crippen MR) is 79.4 cm³/mol. The van der Waals surface area contributed by atoms with Crippen LogP contribution in [-0.4, -0.2) is 34.9 Å². The van der Waals surface area contributed by atoms with Crippen LogP contribution >= 0.6 is 0 Å². The van der Waals surface area contributed by atoms with Gasteiger partial charge in [-0.05, 0) is 24.5 Å². The minimum Gasteiger partial charge on any atom is -0.334 e. The molecule has 0 spiro atoms. The molecule has 4 nitrogen and oxygen atoms in total. The Kier molecular flexibility index (Phi) is 3.40. The molecule has 104 valence electrons. The molecule has 3 rings (SSSR count). The van der Waals surface area contributed by atoms with Crippen molar-refractivity contribution >= 4 is 16.8 Å². The van der Waals surface area contributed by atoms with Gasteiger partial charge in [0.1, 0.15) is 0 Å². The first kappa shape index (κ1) is 13.1. The molecule has 1 aromatic carbocycles. The Balaban J connectivity index is 2.01. The summed E-state index contributed by atoms with van der Waals surface area (Å²) in [6.07, 6.45) is 2.73. The van der Waals surface area contributed by atoms with Crippen molar-refractivity contribution < 1.29 is 4.79 Å². The van der Waals surface area contributed by atoms with Gasteiger partial charge in [0, 0.05) is 30.7 Å². The van der Waals surface area contributed by atoms with Crippen LogP contribution in [0.15, 0.2) is 36.5 Å². The monoisotopic (exact) mass is 269 g/mol. The Morgan fingerprint density at radius 2 is 2.20 bits per heavy atom. The second kappa shape index (κ2) is 5.21. The molecule has 1 aliphatic heterocycles. The summed E-state index contributed by atoms with van der Waals surface area (Å²) in [5, 5.41) is 0.912. The minimum absolute atomic E-state index is 0.0726. The Hall–Kier alpha value is -1.94. The van der Waals surface area contributed by atoms with Crippen molar-refractivity contribution in [2.24, 2.45) is 11.7 Å². The molecule has 0 bridgehead atoms. The van der Waals surface area contributed by atoms with Gasteiger partial charge < -0.3 is 10.6 Å². The molecule has 2 atom stereocenters. The molecule has 1 amide bonds. The number of aromatic nitrogens is 1. The number of hydrogen-bond donors (Lipinski definition) is 1. The lowest BCUT2D eigenvalue weighted by Gasteiger charge is -2.26.